The zero-order chi connectivity index (χ0) is 19.7. The first-order chi connectivity index (χ1) is 13.4. The van der Waals surface area contributed by atoms with Crippen LogP contribution in [-0.4, -0.2) is 19.9 Å². The number of carbonyl (C=O) groups excluding carboxylic acids is 1. The molecule has 0 saturated carbocycles. The van der Waals surface area contributed by atoms with Gasteiger partial charge in [-0.1, -0.05) is 59.8 Å². The number of sulfonamides is 1. The van der Waals surface area contributed by atoms with Crippen LogP contribution in [0.15, 0.2) is 90.5 Å². The van der Waals surface area contributed by atoms with Crippen LogP contribution in [-0.2, 0) is 10.0 Å². The molecule has 140 valence electrons. The SMILES string of the molecule is Cc1ccc(SC2=C/C(=N\S(=O)(=O)c3cccs3)c3ccccc3C2=O)cc1. The molecule has 4 rings (SSSR count). The molecule has 0 aliphatic heterocycles. The van der Waals surface area contributed by atoms with Crippen molar-refractivity contribution in [2.24, 2.45) is 4.40 Å². The van der Waals surface area contributed by atoms with E-state index in [1.165, 1.54) is 17.8 Å². The molecule has 0 N–H and O–H groups in total. The number of aryl methyl sites for hydroxylation is 1. The highest BCUT2D eigenvalue weighted by molar-refractivity contribution is 8.04. The van der Waals surface area contributed by atoms with Crippen LogP contribution in [0, 0.1) is 6.92 Å². The summed E-state index contributed by atoms with van der Waals surface area (Å²) in [5.74, 6) is -0.131. The molecule has 3 aromatic rings. The maximum atomic E-state index is 12.9. The predicted molar refractivity (Wildman–Crippen MR) is 114 cm³/mol. The van der Waals surface area contributed by atoms with E-state index in [1.54, 1.807) is 41.8 Å². The molecule has 0 amide bonds. The van der Waals surface area contributed by atoms with Crippen LogP contribution in [0.1, 0.15) is 21.5 Å². The molecule has 1 aliphatic carbocycles. The zero-order valence-electron chi connectivity index (χ0n) is 14.8. The lowest BCUT2D eigenvalue weighted by atomic mass is 9.94. The number of thiophene rings is 1. The Kier molecular flexibility index (Phi) is 5.05. The predicted octanol–water partition coefficient (Wildman–Crippen LogP) is 5.11. The third kappa shape index (κ3) is 3.73. The number of hydrogen-bond acceptors (Lipinski definition) is 5. The average molecular weight is 426 g/mol. The van der Waals surface area contributed by atoms with Gasteiger partial charge in [0.25, 0.3) is 10.0 Å². The number of benzene rings is 2. The lowest BCUT2D eigenvalue weighted by molar-refractivity contribution is 0.104. The van der Waals surface area contributed by atoms with Crippen molar-refractivity contribution < 1.29 is 13.2 Å². The molecule has 28 heavy (non-hydrogen) atoms. The fourth-order valence-corrected chi connectivity index (χ4v) is 5.64. The second-order valence-electron chi connectivity index (χ2n) is 6.18. The quantitative estimate of drug-likeness (QED) is 0.583. The number of fused-ring (bicyclic) bond motifs is 1. The summed E-state index contributed by atoms with van der Waals surface area (Å²) in [4.78, 5) is 14.3. The minimum Gasteiger partial charge on any atom is -0.288 e. The van der Waals surface area contributed by atoms with E-state index in [9.17, 15) is 13.2 Å². The van der Waals surface area contributed by atoms with Gasteiger partial charge in [-0.05, 0) is 36.6 Å². The summed E-state index contributed by atoms with van der Waals surface area (Å²) < 4.78 is 29.5. The van der Waals surface area contributed by atoms with Crippen molar-refractivity contribution in [3.63, 3.8) is 0 Å². The van der Waals surface area contributed by atoms with Gasteiger partial charge < -0.3 is 0 Å². The first kappa shape index (κ1) is 18.9. The highest BCUT2D eigenvalue weighted by atomic mass is 32.2. The molecule has 0 bridgehead atoms. The number of thioether (sulfide) groups is 1. The molecule has 0 radical (unpaired) electrons. The lowest BCUT2D eigenvalue weighted by Crippen LogP contribution is -2.17. The highest BCUT2D eigenvalue weighted by Gasteiger charge is 2.26. The van der Waals surface area contributed by atoms with Gasteiger partial charge in [-0.2, -0.15) is 12.8 Å². The largest absolute Gasteiger partial charge is 0.292 e. The van der Waals surface area contributed by atoms with Gasteiger partial charge in [0.05, 0.1) is 10.6 Å². The Hall–Kier alpha value is -2.48. The number of rotatable bonds is 4. The van der Waals surface area contributed by atoms with E-state index in [4.69, 9.17) is 0 Å². The third-order valence-electron chi connectivity index (χ3n) is 4.16. The monoisotopic (exact) mass is 425 g/mol. The second-order valence-corrected chi connectivity index (χ2v) is 10.1. The summed E-state index contributed by atoms with van der Waals surface area (Å²) in [7, 11) is -3.84. The molecule has 0 spiro atoms. The van der Waals surface area contributed by atoms with E-state index in [-0.39, 0.29) is 15.7 Å². The van der Waals surface area contributed by atoms with Gasteiger partial charge in [0.1, 0.15) is 4.21 Å². The van der Waals surface area contributed by atoms with Gasteiger partial charge in [0, 0.05) is 16.0 Å². The van der Waals surface area contributed by atoms with Crippen molar-refractivity contribution in [1.29, 1.82) is 0 Å². The molecule has 0 atom stereocenters. The molecule has 0 saturated heterocycles. The van der Waals surface area contributed by atoms with E-state index in [0.717, 1.165) is 21.8 Å². The van der Waals surface area contributed by atoms with Crippen molar-refractivity contribution >= 4 is 44.6 Å². The standard InChI is InChI=1S/C21H15NO3S3/c1-14-8-10-15(11-9-14)27-19-13-18(16-5-2-3-6-17(16)21(19)23)22-28(24,25)20-7-4-12-26-20/h2-13H,1H3/b22-18+. The van der Waals surface area contributed by atoms with Gasteiger partial charge in [-0.3, -0.25) is 4.79 Å². The van der Waals surface area contributed by atoms with Crippen LogP contribution in [0.2, 0.25) is 0 Å². The Morgan fingerprint density at radius 1 is 0.929 bits per heavy atom. The number of allylic oxidation sites excluding steroid dienone is 2. The first-order valence-electron chi connectivity index (χ1n) is 8.43. The first-order valence-corrected chi connectivity index (χ1v) is 11.6. The van der Waals surface area contributed by atoms with Crippen LogP contribution in [0.5, 0.6) is 0 Å². The van der Waals surface area contributed by atoms with E-state index in [0.29, 0.717) is 16.0 Å². The summed E-state index contributed by atoms with van der Waals surface area (Å²) in [6.45, 7) is 2.00. The molecule has 1 heterocycles. The van der Waals surface area contributed by atoms with Crippen molar-refractivity contribution in [2.75, 3.05) is 0 Å². The second kappa shape index (κ2) is 7.50. The van der Waals surface area contributed by atoms with Crippen LogP contribution >= 0.6 is 23.1 Å². The topological polar surface area (TPSA) is 63.6 Å². The average Bonchev–Trinajstić information content (AvgIpc) is 3.23. The Labute approximate surface area is 171 Å². The van der Waals surface area contributed by atoms with E-state index < -0.39 is 10.0 Å². The molecule has 2 aromatic carbocycles. The van der Waals surface area contributed by atoms with E-state index in [2.05, 4.69) is 4.40 Å². The molecule has 0 fully saturated rings. The Morgan fingerprint density at radius 3 is 2.32 bits per heavy atom. The molecule has 0 unspecified atom stereocenters. The summed E-state index contributed by atoms with van der Waals surface area (Å²) >= 11 is 2.43. The smallest absolute Gasteiger partial charge is 0.288 e. The van der Waals surface area contributed by atoms with Crippen LogP contribution < -0.4 is 0 Å². The minimum absolute atomic E-state index is 0.131. The Morgan fingerprint density at radius 2 is 1.64 bits per heavy atom. The maximum Gasteiger partial charge on any atom is 0.292 e. The van der Waals surface area contributed by atoms with Crippen molar-refractivity contribution in [1.82, 2.24) is 0 Å². The summed E-state index contributed by atoms with van der Waals surface area (Å²) in [5, 5.41) is 1.69. The lowest BCUT2D eigenvalue weighted by Gasteiger charge is -2.17. The number of nitrogens with zero attached hydrogens (tertiary/aromatic N) is 1. The minimum atomic E-state index is -3.84. The number of hydrogen-bond donors (Lipinski definition) is 0. The summed E-state index contributed by atoms with van der Waals surface area (Å²) in [6, 6.07) is 18.0. The van der Waals surface area contributed by atoms with Gasteiger partial charge >= 0.3 is 0 Å². The van der Waals surface area contributed by atoms with E-state index >= 15 is 0 Å². The van der Waals surface area contributed by atoms with Gasteiger partial charge in [0.15, 0.2) is 5.78 Å². The molecule has 4 nitrogen and oxygen atoms in total. The highest BCUT2D eigenvalue weighted by Crippen LogP contribution is 2.34. The fraction of sp³-hybridized carbons (Fsp3) is 0.0476. The van der Waals surface area contributed by atoms with Crippen LogP contribution in [0.4, 0.5) is 0 Å². The van der Waals surface area contributed by atoms with Crippen molar-refractivity contribution in [3.8, 4) is 0 Å². The van der Waals surface area contributed by atoms with Crippen LogP contribution in [0.25, 0.3) is 0 Å². The molecular formula is C21H15NO3S3. The van der Waals surface area contributed by atoms with Gasteiger partial charge in [0.2, 0.25) is 0 Å². The Balaban J connectivity index is 1.81. The number of carbonyl (C=O) groups is 1. The zero-order valence-corrected chi connectivity index (χ0v) is 17.3. The van der Waals surface area contributed by atoms with Gasteiger partial charge in [-0.25, -0.2) is 0 Å². The van der Waals surface area contributed by atoms with E-state index in [1.807, 2.05) is 31.2 Å². The van der Waals surface area contributed by atoms with Crippen molar-refractivity contribution in [2.45, 2.75) is 16.0 Å². The number of ketones is 1. The molecule has 7 heteroatoms. The maximum absolute atomic E-state index is 12.9. The molecular weight excluding hydrogens is 410 g/mol. The van der Waals surface area contributed by atoms with Crippen LogP contribution in [0.3, 0.4) is 0 Å². The third-order valence-corrected chi connectivity index (χ3v) is 7.85. The molecule has 1 aliphatic rings. The number of Topliss-reactive ketones (excluding diaryl/α,β-unsaturated/α-hetero) is 1. The summed E-state index contributed by atoms with van der Waals surface area (Å²) in [5.41, 5.74) is 2.39. The fourth-order valence-electron chi connectivity index (χ4n) is 2.77. The van der Waals surface area contributed by atoms with Gasteiger partial charge in [-0.15, -0.1) is 11.3 Å². The van der Waals surface area contributed by atoms with Crippen molar-refractivity contribution in [3.05, 3.63) is 93.7 Å². The molecule has 1 aromatic heterocycles. The normalized spacial score (nSPS) is 15.4. The summed E-state index contributed by atoms with van der Waals surface area (Å²) in [6.07, 6.45) is 1.57. The Bertz CT molecular complexity index is 1210.